The predicted molar refractivity (Wildman–Crippen MR) is 69.4 cm³/mol. The number of carbonyl (C=O) groups excluding carboxylic acids is 1. The molecule has 1 N–H and O–H groups in total. The first-order chi connectivity index (χ1) is 8.58. The monoisotopic (exact) mass is 246 g/mol. The van der Waals surface area contributed by atoms with Crippen LogP contribution in [0.15, 0.2) is 18.2 Å². The summed E-state index contributed by atoms with van der Waals surface area (Å²) in [7, 11) is 1.63. The van der Waals surface area contributed by atoms with Crippen molar-refractivity contribution in [2.24, 2.45) is 0 Å². The van der Waals surface area contributed by atoms with Crippen LogP contribution in [0.2, 0.25) is 0 Å². The number of methoxy groups -OCH3 is 1. The Morgan fingerprint density at radius 1 is 1.50 bits per heavy atom. The number of hydrogen-bond acceptors (Lipinski definition) is 3. The van der Waals surface area contributed by atoms with Crippen molar-refractivity contribution in [2.45, 2.75) is 26.2 Å². The first kappa shape index (κ1) is 14.0. The van der Waals surface area contributed by atoms with Crippen molar-refractivity contribution >= 4 is 5.91 Å². The van der Waals surface area contributed by atoms with Gasteiger partial charge < -0.3 is 10.1 Å². The van der Waals surface area contributed by atoms with Crippen LogP contribution >= 0.6 is 0 Å². The Balaban J connectivity index is 2.76. The third kappa shape index (κ3) is 3.77. The molecule has 0 heterocycles. The van der Waals surface area contributed by atoms with Crippen LogP contribution in [0.5, 0.6) is 5.75 Å². The van der Waals surface area contributed by atoms with Gasteiger partial charge in [0.05, 0.1) is 7.11 Å². The minimum Gasteiger partial charge on any atom is -0.496 e. The molecule has 0 bridgehead atoms. The van der Waals surface area contributed by atoms with Gasteiger partial charge >= 0.3 is 5.91 Å². The second kappa shape index (κ2) is 6.65. The van der Waals surface area contributed by atoms with Gasteiger partial charge in [0.1, 0.15) is 5.75 Å². The topological polar surface area (TPSA) is 62.1 Å². The molecule has 0 saturated carbocycles. The Morgan fingerprint density at radius 3 is 2.78 bits per heavy atom. The van der Waals surface area contributed by atoms with E-state index in [1.165, 1.54) is 11.6 Å². The molecule has 0 radical (unpaired) electrons. The fourth-order valence-corrected chi connectivity index (χ4v) is 1.70. The molecule has 0 fully saturated rings. The van der Waals surface area contributed by atoms with Gasteiger partial charge in [0.15, 0.2) is 6.07 Å². The highest BCUT2D eigenvalue weighted by molar-refractivity contribution is 5.91. The molecule has 0 aliphatic carbocycles. The predicted octanol–water partition coefficient (Wildman–Crippen LogP) is 2.00. The summed E-state index contributed by atoms with van der Waals surface area (Å²) < 4.78 is 5.29. The molecule has 1 rings (SSSR count). The number of hydrogen-bond donors (Lipinski definition) is 1. The number of carbonyl (C=O) groups is 1. The molecular weight excluding hydrogens is 228 g/mol. The maximum absolute atomic E-state index is 10.8. The van der Waals surface area contributed by atoms with E-state index in [9.17, 15) is 4.79 Å². The quantitative estimate of drug-likeness (QED) is 0.808. The lowest BCUT2D eigenvalue weighted by Gasteiger charge is -2.12. The first-order valence-electron chi connectivity index (χ1n) is 5.93. The molecule has 4 nitrogen and oxygen atoms in total. The molecular formula is C14H18N2O2. The van der Waals surface area contributed by atoms with E-state index < -0.39 is 5.91 Å². The second-order valence-corrected chi connectivity index (χ2v) is 4.34. The number of rotatable bonds is 5. The lowest BCUT2D eigenvalue weighted by Crippen LogP contribution is -2.23. The number of nitrogens with zero attached hydrogens (tertiary/aromatic N) is 1. The number of nitriles is 1. The maximum atomic E-state index is 10.8. The Kier molecular flexibility index (Phi) is 5.19. The fraction of sp³-hybridized carbons (Fsp3) is 0.429. The molecule has 4 heteroatoms. The summed E-state index contributed by atoms with van der Waals surface area (Å²) in [5.74, 6) is 0.656. The zero-order chi connectivity index (χ0) is 13.5. The van der Waals surface area contributed by atoms with Crippen LogP contribution in [0.3, 0.4) is 0 Å². The number of nitrogens with one attached hydrogen (secondary N) is 1. The van der Waals surface area contributed by atoms with Gasteiger partial charge in [0.25, 0.3) is 0 Å². The summed E-state index contributed by atoms with van der Waals surface area (Å²) in [4.78, 5) is 10.8. The molecule has 0 atom stereocenters. The standard InChI is InChI=1S/C14H18N2O2/c1-10(2)11-4-5-13(18-3)12(8-11)6-7-16-14(17)9-15/h4-5,8,10H,6-7H2,1-3H3,(H,16,17). The highest BCUT2D eigenvalue weighted by Crippen LogP contribution is 2.24. The maximum Gasteiger partial charge on any atom is 0.322 e. The van der Waals surface area contributed by atoms with Gasteiger partial charge in [-0.25, -0.2) is 0 Å². The fourth-order valence-electron chi connectivity index (χ4n) is 1.70. The van der Waals surface area contributed by atoms with Crippen LogP contribution in [-0.4, -0.2) is 19.6 Å². The molecule has 1 aromatic rings. The summed E-state index contributed by atoms with van der Waals surface area (Å²) in [6.45, 7) is 4.69. The summed E-state index contributed by atoms with van der Waals surface area (Å²) in [5, 5.41) is 10.9. The van der Waals surface area contributed by atoms with E-state index in [1.807, 2.05) is 12.1 Å². The summed E-state index contributed by atoms with van der Waals surface area (Å²) in [5.41, 5.74) is 2.28. The second-order valence-electron chi connectivity index (χ2n) is 4.34. The number of benzene rings is 1. The molecule has 0 saturated heterocycles. The van der Waals surface area contributed by atoms with Crippen molar-refractivity contribution in [1.82, 2.24) is 5.32 Å². The van der Waals surface area contributed by atoms with Crippen molar-refractivity contribution in [3.8, 4) is 11.8 Å². The summed E-state index contributed by atoms with van der Waals surface area (Å²) in [6, 6.07) is 7.60. The molecule has 0 aromatic heterocycles. The molecule has 0 unspecified atom stereocenters. The Morgan fingerprint density at radius 2 is 2.22 bits per heavy atom. The molecule has 0 spiro atoms. The van der Waals surface area contributed by atoms with E-state index in [1.54, 1.807) is 7.11 Å². The van der Waals surface area contributed by atoms with Crippen LogP contribution in [0.1, 0.15) is 30.9 Å². The van der Waals surface area contributed by atoms with Gasteiger partial charge in [-0.1, -0.05) is 26.0 Å². The summed E-state index contributed by atoms with van der Waals surface area (Å²) in [6.07, 6.45) is 0.650. The lowest BCUT2D eigenvalue weighted by molar-refractivity contribution is -0.115. The van der Waals surface area contributed by atoms with E-state index in [0.717, 1.165) is 11.3 Å². The molecule has 1 aromatic carbocycles. The van der Waals surface area contributed by atoms with Crippen molar-refractivity contribution < 1.29 is 9.53 Å². The van der Waals surface area contributed by atoms with Crippen molar-refractivity contribution in [2.75, 3.05) is 13.7 Å². The van der Waals surface area contributed by atoms with Gasteiger partial charge in [0.2, 0.25) is 0 Å². The van der Waals surface area contributed by atoms with Crippen molar-refractivity contribution in [1.29, 1.82) is 5.26 Å². The average molecular weight is 246 g/mol. The van der Waals surface area contributed by atoms with E-state index in [-0.39, 0.29) is 0 Å². The first-order valence-corrected chi connectivity index (χ1v) is 5.93. The van der Waals surface area contributed by atoms with Crippen LogP contribution in [0, 0.1) is 11.3 Å². The van der Waals surface area contributed by atoms with Crippen LogP contribution in [0.25, 0.3) is 0 Å². The highest BCUT2D eigenvalue weighted by atomic mass is 16.5. The van der Waals surface area contributed by atoms with Crippen LogP contribution < -0.4 is 10.1 Å². The smallest absolute Gasteiger partial charge is 0.322 e. The Bertz CT molecular complexity index is 461. The van der Waals surface area contributed by atoms with E-state index >= 15 is 0 Å². The van der Waals surface area contributed by atoms with Crippen LogP contribution in [0.4, 0.5) is 0 Å². The van der Waals surface area contributed by atoms with Crippen molar-refractivity contribution in [3.63, 3.8) is 0 Å². The summed E-state index contributed by atoms with van der Waals surface area (Å²) >= 11 is 0. The van der Waals surface area contributed by atoms with Gasteiger partial charge in [-0.2, -0.15) is 5.26 Å². The van der Waals surface area contributed by atoms with Gasteiger partial charge in [-0.3, -0.25) is 4.79 Å². The Hall–Kier alpha value is -2.02. The van der Waals surface area contributed by atoms with E-state index in [0.29, 0.717) is 18.9 Å². The third-order valence-electron chi connectivity index (χ3n) is 2.75. The SMILES string of the molecule is COc1ccc(C(C)C)cc1CCNC(=O)C#N. The molecule has 0 aliphatic heterocycles. The number of ether oxygens (including phenoxy) is 1. The average Bonchev–Trinajstić information content (AvgIpc) is 2.38. The van der Waals surface area contributed by atoms with E-state index in [4.69, 9.17) is 10.00 Å². The minimum absolute atomic E-state index is 0.435. The Labute approximate surface area is 108 Å². The largest absolute Gasteiger partial charge is 0.496 e. The van der Waals surface area contributed by atoms with Gasteiger partial charge in [-0.15, -0.1) is 0 Å². The highest BCUT2D eigenvalue weighted by Gasteiger charge is 2.07. The molecule has 0 aliphatic rings. The number of amides is 1. The van der Waals surface area contributed by atoms with Crippen molar-refractivity contribution in [3.05, 3.63) is 29.3 Å². The lowest BCUT2D eigenvalue weighted by atomic mass is 9.99. The third-order valence-corrected chi connectivity index (χ3v) is 2.75. The normalized spacial score (nSPS) is 9.94. The molecule has 1 amide bonds. The van der Waals surface area contributed by atoms with Gasteiger partial charge in [0, 0.05) is 6.54 Å². The molecule has 96 valence electrons. The minimum atomic E-state index is -0.603. The molecule has 18 heavy (non-hydrogen) atoms. The van der Waals surface area contributed by atoms with Crippen LogP contribution in [-0.2, 0) is 11.2 Å². The van der Waals surface area contributed by atoms with Gasteiger partial charge in [-0.05, 0) is 29.5 Å². The zero-order valence-electron chi connectivity index (χ0n) is 11.0. The van der Waals surface area contributed by atoms with E-state index in [2.05, 4.69) is 25.2 Å². The zero-order valence-corrected chi connectivity index (χ0v) is 11.0.